The van der Waals surface area contributed by atoms with Crippen LogP contribution < -0.4 is 5.73 Å². The summed E-state index contributed by atoms with van der Waals surface area (Å²) in [5.41, 5.74) is 5.80. The molecule has 0 aromatic heterocycles. The highest BCUT2D eigenvalue weighted by Crippen LogP contribution is 2.14. The number of nitrogens with two attached hydrogens (primary N) is 1. The first kappa shape index (κ1) is 12.9. The smallest absolute Gasteiger partial charge is 0.338 e. The van der Waals surface area contributed by atoms with E-state index in [1.807, 2.05) is 0 Å². The molecule has 0 aliphatic heterocycles. The summed E-state index contributed by atoms with van der Waals surface area (Å²) >= 11 is 0. The molecular weight excluding hydrogens is 220 g/mol. The van der Waals surface area contributed by atoms with E-state index in [0.29, 0.717) is 12.0 Å². The lowest BCUT2D eigenvalue weighted by molar-refractivity contribution is -0.139. The van der Waals surface area contributed by atoms with Crippen molar-refractivity contribution in [1.29, 1.82) is 0 Å². The topological polar surface area (TPSA) is 92.8 Å². The van der Waals surface area contributed by atoms with Crippen molar-refractivity contribution in [3.05, 3.63) is 35.9 Å². The van der Waals surface area contributed by atoms with E-state index in [0.717, 1.165) is 0 Å². The minimum absolute atomic E-state index is 0.202. The molecule has 5 heteroatoms. The third kappa shape index (κ3) is 3.41. The molecule has 0 bridgehead atoms. The van der Waals surface area contributed by atoms with E-state index >= 15 is 0 Å². The van der Waals surface area contributed by atoms with Gasteiger partial charge in [0.2, 0.25) is 0 Å². The number of carbonyl (C=O) groups is 2. The zero-order valence-electron chi connectivity index (χ0n) is 9.46. The SMILES string of the molecule is CCC(C(=O)O)C(=NC(N)=O)c1ccccc1. The third-order valence-electron chi connectivity index (χ3n) is 2.34. The molecule has 5 nitrogen and oxygen atoms in total. The highest BCUT2D eigenvalue weighted by molar-refractivity contribution is 6.14. The van der Waals surface area contributed by atoms with Crippen LogP contribution in [-0.2, 0) is 4.79 Å². The van der Waals surface area contributed by atoms with E-state index in [2.05, 4.69) is 4.99 Å². The Labute approximate surface area is 99.0 Å². The average molecular weight is 234 g/mol. The van der Waals surface area contributed by atoms with Crippen LogP contribution in [0.4, 0.5) is 4.79 Å². The molecule has 1 unspecified atom stereocenters. The van der Waals surface area contributed by atoms with Crippen LogP contribution in [0.15, 0.2) is 35.3 Å². The van der Waals surface area contributed by atoms with Gasteiger partial charge in [0.05, 0.1) is 11.6 Å². The van der Waals surface area contributed by atoms with Crippen LogP contribution in [-0.4, -0.2) is 22.8 Å². The first-order chi connectivity index (χ1) is 8.06. The fraction of sp³-hybridized carbons (Fsp3) is 0.250. The van der Waals surface area contributed by atoms with Gasteiger partial charge in [-0.1, -0.05) is 37.3 Å². The van der Waals surface area contributed by atoms with Crippen molar-refractivity contribution in [2.75, 3.05) is 0 Å². The Morgan fingerprint density at radius 2 is 1.94 bits per heavy atom. The first-order valence-corrected chi connectivity index (χ1v) is 5.22. The van der Waals surface area contributed by atoms with Crippen LogP contribution in [0.25, 0.3) is 0 Å². The summed E-state index contributed by atoms with van der Waals surface area (Å²) in [7, 11) is 0. The summed E-state index contributed by atoms with van der Waals surface area (Å²) in [5.74, 6) is -1.85. The Morgan fingerprint density at radius 3 is 2.35 bits per heavy atom. The zero-order chi connectivity index (χ0) is 12.8. The fourth-order valence-corrected chi connectivity index (χ4v) is 1.56. The minimum Gasteiger partial charge on any atom is -0.481 e. The van der Waals surface area contributed by atoms with Gasteiger partial charge in [-0.15, -0.1) is 0 Å². The number of hydrogen-bond acceptors (Lipinski definition) is 2. The van der Waals surface area contributed by atoms with Crippen LogP contribution in [0.3, 0.4) is 0 Å². The van der Waals surface area contributed by atoms with E-state index in [1.54, 1.807) is 37.3 Å². The van der Waals surface area contributed by atoms with E-state index in [-0.39, 0.29) is 5.71 Å². The largest absolute Gasteiger partial charge is 0.481 e. The maximum Gasteiger partial charge on any atom is 0.338 e. The van der Waals surface area contributed by atoms with Crippen molar-refractivity contribution >= 4 is 17.7 Å². The van der Waals surface area contributed by atoms with Crippen molar-refractivity contribution < 1.29 is 14.7 Å². The molecular formula is C12H14N2O3. The minimum atomic E-state index is -1.02. The molecule has 0 fully saturated rings. The standard InChI is InChI=1S/C12H14N2O3/c1-2-9(11(15)16)10(14-12(13)17)8-6-4-3-5-7-8/h3-7,9H,2H2,1H3,(H2,13,17)(H,15,16). The monoisotopic (exact) mass is 234 g/mol. The Hall–Kier alpha value is -2.17. The number of carboxylic acid groups (broad SMARTS) is 1. The zero-order valence-corrected chi connectivity index (χ0v) is 9.46. The fourth-order valence-electron chi connectivity index (χ4n) is 1.56. The molecule has 90 valence electrons. The quantitative estimate of drug-likeness (QED) is 0.776. The number of primary amides is 1. The van der Waals surface area contributed by atoms with Crippen molar-refractivity contribution in [2.45, 2.75) is 13.3 Å². The van der Waals surface area contributed by atoms with Gasteiger partial charge in [-0.2, -0.15) is 4.99 Å². The molecule has 1 atom stereocenters. The summed E-state index contributed by atoms with van der Waals surface area (Å²) in [6.45, 7) is 1.72. The number of hydrogen-bond donors (Lipinski definition) is 2. The van der Waals surface area contributed by atoms with Crippen LogP contribution >= 0.6 is 0 Å². The number of urea groups is 1. The lowest BCUT2D eigenvalue weighted by Gasteiger charge is -2.12. The van der Waals surface area contributed by atoms with Gasteiger partial charge < -0.3 is 10.8 Å². The summed E-state index contributed by atoms with van der Waals surface area (Å²) in [5, 5.41) is 9.08. The van der Waals surface area contributed by atoms with Crippen molar-refractivity contribution in [3.63, 3.8) is 0 Å². The van der Waals surface area contributed by atoms with Crippen LogP contribution in [0.1, 0.15) is 18.9 Å². The van der Waals surface area contributed by atoms with Crippen LogP contribution in [0.5, 0.6) is 0 Å². The van der Waals surface area contributed by atoms with Crippen molar-refractivity contribution in [3.8, 4) is 0 Å². The number of nitrogens with zero attached hydrogens (tertiary/aromatic N) is 1. The maximum absolute atomic E-state index is 11.1. The number of benzene rings is 1. The van der Waals surface area contributed by atoms with E-state index in [4.69, 9.17) is 10.8 Å². The summed E-state index contributed by atoms with van der Waals surface area (Å²) in [6, 6.07) is 7.82. The van der Waals surface area contributed by atoms with Crippen molar-refractivity contribution in [2.24, 2.45) is 16.6 Å². The lowest BCUT2D eigenvalue weighted by atomic mass is 9.94. The van der Waals surface area contributed by atoms with E-state index < -0.39 is 17.9 Å². The van der Waals surface area contributed by atoms with Crippen LogP contribution in [0, 0.1) is 5.92 Å². The molecule has 0 heterocycles. The highest BCUT2D eigenvalue weighted by Gasteiger charge is 2.23. The highest BCUT2D eigenvalue weighted by atomic mass is 16.4. The van der Waals surface area contributed by atoms with E-state index in [9.17, 15) is 9.59 Å². The second-order valence-corrected chi connectivity index (χ2v) is 3.50. The van der Waals surface area contributed by atoms with Gasteiger partial charge >= 0.3 is 12.0 Å². The maximum atomic E-state index is 11.1. The molecule has 1 aromatic rings. The second kappa shape index (κ2) is 5.79. The molecule has 2 amide bonds. The third-order valence-corrected chi connectivity index (χ3v) is 2.34. The molecule has 1 aromatic carbocycles. The Bertz CT molecular complexity index is 440. The number of aliphatic imine (C=N–C) groups is 1. The molecule has 0 aliphatic rings. The Balaban J connectivity index is 3.22. The molecule has 0 saturated carbocycles. The molecule has 0 saturated heterocycles. The van der Waals surface area contributed by atoms with Gasteiger partial charge in [0.1, 0.15) is 0 Å². The van der Waals surface area contributed by atoms with Gasteiger partial charge in [-0.25, -0.2) is 4.79 Å². The van der Waals surface area contributed by atoms with Gasteiger partial charge in [-0.05, 0) is 12.0 Å². The number of rotatable bonds is 4. The summed E-state index contributed by atoms with van der Waals surface area (Å²) in [4.78, 5) is 25.6. The van der Waals surface area contributed by atoms with Gasteiger partial charge in [0.15, 0.2) is 0 Å². The number of carbonyl (C=O) groups excluding carboxylic acids is 1. The van der Waals surface area contributed by atoms with E-state index in [1.165, 1.54) is 0 Å². The summed E-state index contributed by atoms with van der Waals surface area (Å²) < 4.78 is 0. The molecule has 17 heavy (non-hydrogen) atoms. The average Bonchev–Trinajstić information content (AvgIpc) is 2.29. The molecule has 3 N–H and O–H groups in total. The Kier molecular flexibility index (Phi) is 4.39. The second-order valence-electron chi connectivity index (χ2n) is 3.50. The number of amides is 2. The molecule has 0 aliphatic carbocycles. The lowest BCUT2D eigenvalue weighted by Crippen LogP contribution is -2.26. The molecule has 1 rings (SSSR count). The van der Waals surface area contributed by atoms with Crippen molar-refractivity contribution in [1.82, 2.24) is 0 Å². The van der Waals surface area contributed by atoms with Gasteiger partial charge in [-0.3, -0.25) is 4.79 Å². The predicted molar refractivity (Wildman–Crippen MR) is 64.0 cm³/mol. The summed E-state index contributed by atoms with van der Waals surface area (Å²) in [6.07, 6.45) is 0.344. The molecule has 0 radical (unpaired) electrons. The normalized spacial score (nSPS) is 13.1. The first-order valence-electron chi connectivity index (χ1n) is 5.22. The van der Waals surface area contributed by atoms with Crippen LogP contribution in [0.2, 0.25) is 0 Å². The number of carboxylic acids is 1. The van der Waals surface area contributed by atoms with Gasteiger partial charge in [0.25, 0.3) is 0 Å². The number of aliphatic carboxylic acids is 1. The van der Waals surface area contributed by atoms with Gasteiger partial charge in [0, 0.05) is 0 Å². The molecule has 0 spiro atoms. The predicted octanol–water partition coefficient (Wildman–Crippen LogP) is 1.67. The Morgan fingerprint density at radius 1 is 1.35 bits per heavy atom.